The molecule has 2 heteroatoms. The van der Waals surface area contributed by atoms with Crippen molar-refractivity contribution in [2.45, 2.75) is 13.5 Å². The lowest BCUT2D eigenvalue weighted by Gasteiger charge is -2.08. The lowest BCUT2D eigenvalue weighted by Crippen LogP contribution is -2.00. The first-order valence-electron chi connectivity index (χ1n) is 5.85. The summed E-state index contributed by atoms with van der Waals surface area (Å²) in [6.07, 6.45) is 0. The minimum absolute atomic E-state index is 0.846. The zero-order valence-electron chi connectivity index (χ0n) is 10.3. The van der Waals surface area contributed by atoms with Crippen molar-refractivity contribution in [3.05, 3.63) is 59.7 Å². The molecule has 2 nitrogen and oxygen atoms in total. The van der Waals surface area contributed by atoms with E-state index in [9.17, 15) is 0 Å². The molecule has 0 fully saturated rings. The van der Waals surface area contributed by atoms with Crippen molar-refractivity contribution in [1.29, 1.82) is 0 Å². The van der Waals surface area contributed by atoms with Crippen molar-refractivity contribution in [2.24, 2.45) is 0 Å². The average Bonchev–Trinajstić information content (AvgIpc) is 2.38. The average molecular weight is 226 g/mol. The predicted molar refractivity (Wildman–Crippen MR) is 74.5 cm³/mol. The summed E-state index contributed by atoms with van der Waals surface area (Å²) in [7, 11) is 1.94. The Bertz CT molecular complexity index is 475. The fourth-order valence-corrected chi connectivity index (χ4v) is 1.71. The smallest absolute Gasteiger partial charge is 0.0401 e. The molecule has 2 aromatic carbocycles. The van der Waals surface area contributed by atoms with E-state index in [2.05, 4.69) is 66.1 Å². The van der Waals surface area contributed by atoms with Crippen molar-refractivity contribution in [1.82, 2.24) is 0 Å². The summed E-state index contributed by atoms with van der Waals surface area (Å²) in [5.41, 5.74) is 4.86. The molecular formula is C15H18N2. The molecule has 0 amide bonds. The van der Waals surface area contributed by atoms with E-state index < -0.39 is 0 Å². The van der Waals surface area contributed by atoms with Gasteiger partial charge in [0.15, 0.2) is 0 Å². The van der Waals surface area contributed by atoms with E-state index in [-0.39, 0.29) is 0 Å². The van der Waals surface area contributed by atoms with E-state index in [0.717, 1.165) is 17.9 Å². The molecule has 2 N–H and O–H groups in total. The molecule has 0 aliphatic rings. The maximum atomic E-state index is 3.41. The van der Waals surface area contributed by atoms with Crippen LogP contribution in [0, 0.1) is 6.92 Å². The molecule has 0 bridgehead atoms. The Labute approximate surface area is 103 Å². The number of nitrogens with one attached hydrogen (secondary N) is 2. The first kappa shape index (κ1) is 11.5. The van der Waals surface area contributed by atoms with E-state index in [4.69, 9.17) is 0 Å². The van der Waals surface area contributed by atoms with E-state index in [0.29, 0.717) is 0 Å². The van der Waals surface area contributed by atoms with Crippen LogP contribution in [0.1, 0.15) is 11.1 Å². The van der Waals surface area contributed by atoms with Gasteiger partial charge < -0.3 is 10.6 Å². The lowest BCUT2D eigenvalue weighted by atomic mass is 10.2. The third-order valence-corrected chi connectivity index (χ3v) is 2.76. The highest BCUT2D eigenvalue weighted by Crippen LogP contribution is 2.13. The molecule has 17 heavy (non-hydrogen) atoms. The number of aryl methyl sites for hydroxylation is 1. The van der Waals surface area contributed by atoms with Gasteiger partial charge in [0.25, 0.3) is 0 Å². The second-order valence-electron chi connectivity index (χ2n) is 4.17. The van der Waals surface area contributed by atoms with Crippen LogP contribution in [-0.2, 0) is 6.54 Å². The monoisotopic (exact) mass is 226 g/mol. The summed E-state index contributed by atoms with van der Waals surface area (Å²) >= 11 is 0. The van der Waals surface area contributed by atoms with Gasteiger partial charge in [-0.25, -0.2) is 0 Å². The van der Waals surface area contributed by atoms with Crippen molar-refractivity contribution in [2.75, 3.05) is 17.7 Å². The largest absolute Gasteiger partial charge is 0.388 e. The fourth-order valence-electron chi connectivity index (χ4n) is 1.71. The fraction of sp³-hybridized carbons (Fsp3) is 0.200. The van der Waals surface area contributed by atoms with Crippen molar-refractivity contribution < 1.29 is 0 Å². The van der Waals surface area contributed by atoms with Crippen molar-refractivity contribution >= 4 is 11.4 Å². The summed E-state index contributed by atoms with van der Waals surface area (Å²) in [5.74, 6) is 0. The maximum Gasteiger partial charge on any atom is 0.0401 e. The number of anilines is 2. The minimum atomic E-state index is 0.846. The van der Waals surface area contributed by atoms with E-state index in [1.54, 1.807) is 0 Å². The first-order chi connectivity index (χ1) is 8.28. The molecule has 0 saturated heterocycles. The van der Waals surface area contributed by atoms with E-state index in [1.807, 2.05) is 7.05 Å². The maximum absolute atomic E-state index is 3.41. The zero-order valence-corrected chi connectivity index (χ0v) is 10.3. The lowest BCUT2D eigenvalue weighted by molar-refractivity contribution is 1.15. The highest BCUT2D eigenvalue weighted by molar-refractivity contribution is 5.48. The highest BCUT2D eigenvalue weighted by Gasteiger charge is 1.95. The molecule has 0 atom stereocenters. The van der Waals surface area contributed by atoms with Gasteiger partial charge in [-0.3, -0.25) is 0 Å². The molecular weight excluding hydrogens is 208 g/mol. The third-order valence-electron chi connectivity index (χ3n) is 2.76. The zero-order chi connectivity index (χ0) is 12.1. The van der Waals surface area contributed by atoms with Crippen LogP contribution in [0.25, 0.3) is 0 Å². The molecule has 0 heterocycles. The molecule has 0 aliphatic heterocycles. The van der Waals surface area contributed by atoms with Gasteiger partial charge in [0.1, 0.15) is 0 Å². The Kier molecular flexibility index (Phi) is 3.66. The molecule has 88 valence electrons. The van der Waals surface area contributed by atoms with Gasteiger partial charge >= 0.3 is 0 Å². The van der Waals surface area contributed by atoms with Crippen LogP contribution in [0.3, 0.4) is 0 Å². The topological polar surface area (TPSA) is 24.1 Å². The molecule has 0 aromatic heterocycles. The molecule has 0 unspecified atom stereocenters. The second kappa shape index (κ2) is 5.39. The van der Waals surface area contributed by atoms with Gasteiger partial charge in [-0.15, -0.1) is 0 Å². The van der Waals surface area contributed by atoms with Crippen LogP contribution >= 0.6 is 0 Å². The van der Waals surface area contributed by atoms with Crippen LogP contribution in [0.5, 0.6) is 0 Å². The molecule has 2 rings (SSSR count). The van der Waals surface area contributed by atoms with Crippen LogP contribution in [0.4, 0.5) is 11.4 Å². The minimum Gasteiger partial charge on any atom is -0.388 e. The summed E-state index contributed by atoms with van der Waals surface area (Å²) in [6.45, 7) is 2.94. The van der Waals surface area contributed by atoms with Crippen LogP contribution in [0.2, 0.25) is 0 Å². The van der Waals surface area contributed by atoms with Gasteiger partial charge in [-0.05, 0) is 36.8 Å². The Morgan fingerprint density at radius 1 is 0.941 bits per heavy atom. The number of rotatable bonds is 4. The van der Waals surface area contributed by atoms with Crippen molar-refractivity contribution in [3.63, 3.8) is 0 Å². The SMILES string of the molecule is CNc1cccc(CNc2ccc(C)cc2)c1. The first-order valence-corrected chi connectivity index (χ1v) is 5.85. The quantitative estimate of drug-likeness (QED) is 0.831. The Balaban J connectivity index is 1.99. The number of benzene rings is 2. The van der Waals surface area contributed by atoms with E-state index in [1.165, 1.54) is 11.1 Å². The molecule has 0 saturated carbocycles. The molecule has 2 aromatic rings. The summed E-state index contributed by atoms with van der Waals surface area (Å²) in [5, 5.41) is 6.56. The van der Waals surface area contributed by atoms with Gasteiger partial charge in [0.05, 0.1) is 0 Å². The summed E-state index contributed by atoms with van der Waals surface area (Å²) in [6, 6.07) is 16.9. The summed E-state index contributed by atoms with van der Waals surface area (Å²) in [4.78, 5) is 0. The van der Waals surface area contributed by atoms with Gasteiger partial charge in [-0.1, -0.05) is 29.8 Å². The predicted octanol–water partition coefficient (Wildman–Crippen LogP) is 3.65. The third kappa shape index (κ3) is 3.25. The normalized spacial score (nSPS) is 10.0. The number of hydrogen-bond acceptors (Lipinski definition) is 2. The molecule has 0 radical (unpaired) electrons. The Hall–Kier alpha value is -1.96. The molecule has 0 aliphatic carbocycles. The Morgan fingerprint density at radius 2 is 1.71 bits per heavy atom. The van der Waals surface area contributed by atoms with Gasteiger partial charge in [-0.2, -0.15) is 0 Å². The standard InChI is InChI=1S/C15H18N2/c1-12-6-8-14(9-7-12)17-11-13-4-3-5-15(10-13)16-2/h3-10,16-17H,11H2,1-2H3. The van der Waals surface area contributed by atoms with Crippen LogP contribution in [0.15, 0.2) is 48.5 Å². The van der Waals surface area contributed by atoms with E-state index >= 15 is 0 Å². The van der Waals surface area contributed by atoms with Gasteiger partial charge in [0.2, 0.25) is 0 Å². The number of hydrogen-bond donors (Lipinski definition) is 2. The molecule has 0 spiro atoms. The Morgan fingerprint density at radius 3 is 2.41 bits per heavy atom. The summed E-state index contributed by atoms with van der Waals surface area (Å²) < 4.78 is 0. The van der Waals surface area contributed by atoms with Crippen LogP contribution in [-0.4, -0.2) is 7.05 Å². The van der Waals surface area contributed by atoms with Gasteiger partial charge in [0, 0.05) is 25.0 Å². The van der Waals surface area contributed by atoms with Crippen molar-refractivity contribution in [3.8, 4) is 0 Å². The highest BCUT2D eigenvalue weighted by atomic mass is 14.9. The second-order valence-corrected chi connectivity index (χ2v) is 4.17. The van der Waals surface area contributed by atoms with Crippen LogP contribution < -0.4 is 10.6 Å².